The molecule has 0 heterocycles. The largest absolute Gasteiger partial charge is 0.369 e. The van der Waals surface area contributed by atoms with Gasteiger partial charge in [0.05, 0.1) is 0 Å². The topological polar surface area (TPSA) is 60.2 Å². The zero-order chi connectivity index (χ0) is 9.85. The van der Waals surface area contributed by atoms with Gasteiger partial charge in [-0.15, -0.1) is 0 Å². The second-order valence-electron chi connectivity index (χ2n) is 4.94. The van der Waals surface area contributed by atoms with Gasteiger partial charge < -0.3 is 5.73 Å². The number of ketones is 1. The van der Waals surface area contributed by atoms with Crippen LogP contribution in [0.2, 0.25) is 0 Å². The Bertz CT molecular complexity index is 295. The van der Waals surface area contributed by atoms with E-state index >= 15 is 0 Å². The number of hydrogen-bond acceptors (Lipinski definition) is 2. The molecule has 3 nitrogen and oxygen atoms in total. The Kier molecular flexibility index (Phi) is 1.44. The predicted octanol–water partition coefficient (Wildman–Crippen LogP) is 0.867. The Balaban J connectivity index is 2.46. The maximum absolute atomic E-state index is 12.0. The minimum absolute atomic E-state index is 0.0729. The minimum Gasteiger partial charge on any atom is -0.369 e. The van der Waals surface area contributed by atoms with Gasteiger partial charge in [0, 0.05) is 5.41 Å². The van der Waals surface area contributed by atoms with Crippen molar-refractivity contribution in [3.63, 3.8) is 0 Å². The molecular formula is C10H15NO2. The third kappa shape index (κ3) is 0.798. The minimum atomic E-state index is -0.797. The molecule has 2 saturated carbocycles. The summed E-state index contributed by atoms with van der Waals surface area (Å²) in [6, 6.07) is 0. The normalized spacial score (nSPS) is 41.1. The van der Waals surface area contributed by atoms with Crippen molar-refractivity contribution >= 4 is 11.7 Å². The molecule has 0 aromatic carbocycles. The average Bonchev–Trinajstić information content (AvgIpc) is 2.53. The number of primary amides is 1. The summed E-state index contributed by atoms with van der Waals surface area (Å²) in [7, 11) is 0. The summed E-state index contributed by atoms with van der Waals surface area (Å²) in [6.45, 7) is 3.87. The van der Waals surface area contributed by atoms with Crippen molar-refractivity contribution in [2.24, 2.45) is 22.5 Å². The lowest BCUT2D eigenvalue weighted by Gasteiger charge is -2.31. The van der Waals surface area contributed by atoms with Gasteiger partial charge in [0.25, 0.3) is 0 Å². The monoisotopic (exact) mass is 181 g/mol. The van der Waals surface area contributed by atoms with Crippen LogP contribution in [-0.4, -0.2) is 11.7 Å². The number of rotatable bonds is 1. The Morgan fingerprint density at radius 1 is 1.54 bits per heavy atom. The molecule has 0 aliphatic heterocycles. The van der Waals surface area contributed by atoms with E-state index in [4.69, 9.17) is 5.73 Å². The summed E-state index contributed by atoms with van der Waals surface area (Å²) in [5.41, 5.74) is 4.20. The van der Waals surface area contributed by atoms with Crippen LogP contribution >= 0.6 is 0 Å². The van der Waals surface area contributed by atoms with Gasteiger partial charge in [0.2, 0.25) is 5.91 Å². The van der Waals surface area contributed by atoms with E-state index in [9.17, 15) is 9.59 Å². The number of carbonyl (C=O) groups excluding carboxylic acids is 2. The van der Waals surface area contributed by atoms with Crippen LogP contribution in [0.5, 0.6) is 0 Å². The summed E-state index contributed by atoms with van der Waals surface area (Å²) in [6.07, 6.45) is 2.34. The summed E-state index contributed by atoms with van der Waals surface area (Å²) >= 11 is 0. The number of fused-ring (bicyclic) bond motifs is 2. The van der Waals surface area contributed by atoms with Crippen LogP contribution < -0.4 is 5.73 Å². The second-order valence-corrected chi connectivity index (χ2v) is 4.94. The number of hydrogen-bond donors (Lipinski definition) is 1. The molecule has 2 N–H and O–H groups in total. The average molecular weight is 181 g/mol. The standard InChI is InChI=1S/C10H15NO2/c1-9(2)6-3-4-10(5-6,7(9)12)8(11)13/h6H,3-5H2,1-2H3,(H2,11,13)/t6-,10-/m0/s1. The fraction of sp³-hybridized carbons (Fsp3) is 0.800. The third-order valence-corrected chi connectivity index (χ3v) is 4.03. The molecule has 2 rings (SSSR count). The molecular weight excluding hydrogens is 166 g/mol. The van der Waals surface area contributed by atoms with Crippen molar-refractivity contribution in [2.75, 3.05) is 0 Å². The Hall–Kier alpha value is -0.860. The van der Waals surface area contributed by atoms with Gasteiger partial charge in [-0.3, -0.25) is 9.59 Å². The third-order valence-electron chi connectivity index (χ3n) is 4.03. The van der Waals surface area contributed by atoms with Crippen LogP contribution in [0.25, 0.3) is 0 Å². The van der Waals surface area contributed by atoms with Crippen molar-refractivity contribution in [1.82, 2.24) is 0 Å². The summed E-state index contributed by atoms with van der Waals surface area (Å²) in [4.78, 5) is 23.2. The molecule has 0 spiro atoms. The molecule has 0 saturated heterocycles. The fourth-order valence-corrected chi connectivity index (χ4v) is 3.01. The predicted molar refractivity (Wildman–Crippen MR) is 47.8 cm³/mol. The lowest BCUT2D eigenvalue weighted by atomic mass is 9.70. The molecule has 2 bridgehead atoms. The smallest absolute Gasteiger partial charge is 0.231 e. The van der Waals surface area contributed by atoms with Crippen molar-refractivity contribution < 1.29 is 9.59 Å². The second kappa shape index (κ2) is 2.14. The van der Waals surface area contributed by atoms with Crippen LogP contribution in [0, 0.1) is 16.7 Å². The first-order valence-corrected chi connectivity index (χ1v) is 4.76. The molecule has 13 heavy (non-hydrogen) atoms. The van der Waals surface area contributed by atoms with Crippen LogP contribution in [0.3, 0.4) is 0 Å². The van der Waals surface area contributed by atoms with E-state index in [1.54, 1.807) is 0 Å². The molecule has 3 heteroatoms. The van der Waals surface area contributed by atoms with Crippen molar-refractivity contribution in [3.8, 4) is 0 Å². The van der Waals surface area contributed by atoms with Gasteiger partial charge in [0.1, 0.15) is 5.41 Å². The molecule has 2 atom stereocenters. The van der Waals surface area contributed by atoms with Crippen LogP contribution in [-0.2, 0) is 9.59 Å². The molecule has 1 amide bonds. The molecule has 2 aliphatic carbocycles. The molecule has 72 valence electrons. The summed E-state index contributed by atoms with van der Waals surface area (Å²) < 4.78 is 0. The summed E-state index contributed by atoms with van der Waals surface area (Å²) in [5.74, 6) is 0.0295. The molecule has 0 unspecified atom stereocenters. The highest BCUT2D eigenvalue weighted by Gasteiger charge is 2.64. The maximum Gasteiger partial charge on any atom is 0.231 e. The van der Waals surface area contributed by atoms with E-state index in [2.05, 4.69) is 0 Å². The van der Waals surface area contributed by atoms with Crippen LogP contribution in [0.4, 0.5) is 0 Å². The number of carbonyl (C=O) groups is 2. The zero-order valence-corrected chi connectivity index (χ0v) is 8.09. The van der Waals surface area contributed by atoms with E-state index in [1.165, 1.54) is 0 Å². The first kappa shape index (κ1) is 8.73. The van der Waals surface area contributed by atoms with E-state index < -0.39 is 11.3 Å². The highest BCUT2D eigenvalue weighted by atomic mass is 16.2. The molecule has 2 aliphatic rings. The van der Waals surface area contributed by atoms with Gasteiger partial charge in [-0.2, -0.15) is 0 Å². The van der Waals surface area contributed by atoms with Gasteiger partial charge in [-0.25, -0.2) is 0 Å². The van der Waals surface area contributed by atoms with Crippen molar-refractivity contribution in [2.45, 2.75) is 33.1 Å². The van der Waals surface area contributed by atoms with Crippen LogP contribution in [0.15, 0.2) is 0 Å². The maximum atomic E-state index is 12.0. The Morgan fingerprint density at radius 2 is 2.15 bits per heavy atom. The Morgan fingerprint density at radius 3 is 2.46 bits per heavy atom. The number of Topliss-reactive ketones (excluding diaryl/α,β-unsaturated/α-hetero) is 1. The van der Waals surface area contributed by atoms with Gasteiger partial charge in [-0.1, -0.05) is 13.8 Å². The van der Waals surface area contributed by atoms with E-state index in [-0.39, 0.29) is 11.2 Å². The number of nitrogens with two attached hydrogens (primary N) is 1. The number of amides is 1. The van der Waals surface area contributed by atoms with E-state index in [1.807, 2.05) is 13.8 Å². The lowest BCUT2D eigenvalue weighted by Crippen LogP contribution is -2.45. The fourth-order valence-electron chi connectivity index (χ4n) is 3.01. The highest BCUT2D eigenvalue weighted by Crippen LogP contribution is 2.59. The van der Waals surface area contributed by atoms with Gasteiger partial charge in [-0.05, 0) is 25.2 Å². The molecule has 0 radical (unpaired) electrons. The van der Waals surface area contributed by atoms with Crippen molar-refractivity contribution in [3.05, 3.63) is 0 Å². The van der Waals surface area contributed by atoms with Gasteiger partial charge >= 0.3 is 0 Å². The first-order chi connectivity index (χ1) is 5.91. The quantitative estimate of drug-likeness (QED) is 0.610. The highest BCUT2D eigenvalue weighted by molar-refractivity contribution is 6.10. The SMILES string of the molecule is CC1(C)C(=O)[C@]2(C(N)=O)CC[C@H]1C2. The van der Waals surface area contributed by atoms with Gasteiger partial charge in [0.15, 0.2) is 5.78 Å². The van der Waals surface area contributed by atoms with E-state index in [0.29, 0.717) is 18.8 Å². The van der Waals surface area contributed by atoms with E-state index in [0.717, 1.165) is 6.42 Å². The first-order valence-electron chi connectivity index (χ1n) is 4.76. The zero-order valence-electron chi connectivity index (χ0n) is 8.09. The Labute approximate surface area is 77.7 Å². The molecule has 0 aromatic rings. The molecule has 0 aromatic heterocycles. The summed E-state index contributed by atoms with van der Waals surface area (Å²) in [5, 5.41) is 0. The lowest BCUT2D eigenvalue weighted by molar-refractivity contribution is -0.143. The molecule has 2 fully saturated rings. The van der Waals surface area contributed by atoms with Crippen molar-refractivity contribution in [1.29, 1.82) is 0 Å². The van der Waals surface area contributed by atoms with Crippen LogP contribution in [0.1, 0.15) is 33.1 Å².